The molecule has 1 unspecified atom stereocenters. The van der Waals surface area contributed by atoms with Gasteiger partial charge in [0.15, 0.2) is 0 Å². The molecule has 2 aliphatic heterocycles. The lowest BCUT2D eigenvalue weighted by Gasteiger charge is -2.27. The number of benzene rings is 1. The van der Waals surface area contributed by atoms with Crippen LogP contribution in [0, 0.1) is 0 Å². The van der Waals surface area contributed by atoms with Gasteiger partial charge in [0.05, 0.1) is 12.6 Å². The fourth-order valence-corrected chi connectivity index (χ4v) is 2.75. The third-order valence-corrected chi connectivity index (χ3v) is 4.07. The van der Waals surface area contributed by atoms with Gasteiger partial charge in [-0.2, -0.15) is 0 Å². The SMILES string of the molecule is O=C(NCC1(O)CCOC1)[C@@H]1Cc2ccccc2CN1. The van der Waals surface area contributed by atoms with Crippen LogP contribution in [0.1, 0.15) is 17.5 Å². The van der Waals surface area contributed by atoms with Crippen LogP contribution in [0.25, 0.3) is 0 Å². The first-order valence-corrected chi connectivity index (χ1v) is 7.04. The zero-order chi connectivity index (χ0) is 14.0. The molecule has 5 heteroatoms. The molecule has 3 rings (SSSR count). The monoisotopic (exact) mass is 276 g/mol. The summed E-state index contributed by atoms with van der Waals surface area (Å²) in [6.45, 7) is 1.82. The van der Waals surface area contributed by atoms with Crippen LogP contribution >= 0.6 is 0 Å². The van der Waals surface area contributed by atoms with E-state index in [9.17, 15) is 9.90 Å². The summed E-state index contributed by atoms with van der Waals surface area (Å²) in [4.78, 5) is 12.2. The van der Waals surface area contributed by atoms with Gasteiger partial charge in [-0.25, -0.2) is 0 Å². The Morgan fingerprint density at radius 1 is 1.45 bits per heavy atom. The van der Waals surface area contributed by atoms with Crippen molar-refractivity contribution in [1.82, 2.24) is 10.6 Å². The smallest absolute Gasteiger partial charge is 0.237 e. The van der Waals surface area contributed by atoms with Crippen molar-refractivity contribution in [2.45, 2.75) is 31.0 Å². The Kier molecular flexibility index (Phi) is 3.74. The zero-order valence-corrected chi connectivity index (χ0v) is 11.4. The van der Waals surface area contributed by atoms with Crippen LogP contribution < -0.4 is 10.6 Å². The van der Waals surface area contributed by atoms with Crippen LogP contribution in [0.4, 0.5) is 0 Å². The Balaban J connectivity index is 1.56. The van der Waals surface area contributed by atoms with E-state index in [-0.39, 0.29) is 18.5 Å². The van der Waals surface area contributed by atoms with E-state index in [4.69, 9.17) is 4.74 Å². The van der Waals surface area contributed by atoms with Gasteiger partial charge in [-0.05, 0) is 17.5 Å². The van der Waals surface area contributed by atoms with E-state index in [1.807, 2.05) is 12.1 Å². The summed E-state index contributed by atoms with van der Waals surface area (Å²) in [5, 5.41) is 16.2. The van der Waals surface area contributed by atoms with Gasteiger partial charge >= 0.3 is 0 Å². The van der Waals surface area contributed by atoms with E-state index in [2.05, 4.69) is 22.8 Å². The molecule has 1 aromatic carbocycles. The second kappa shape index (κ2) is 5.52. The van der Waals surface area contributed by atoms with Gasteiger partial charge in [0.25, 0.3) is 0 Å². The van der Waals surface area contributed by atoms with Crippen molar-refractivity contribution in [2.75, 3.05) is 19.8 Å². The highest BCUT2D eigenvalue weighted by Crippen LogP contribution is 2.18. The first-order chi connectivity index (χ1) is 9.66. The summed E-state index contributed by atoms with van der Waals surface area (Å²) in [5.74, 6) is -0.0557. The van der Waals surface area contributed by atoms with Crippen molar-refractivity contribution in [3.05, 3.63) is 35.4 Å². The summed E-state index contributed by atoms with van der Waals surface area (Å²) in [7, 11) is 0. The first-order valence-electron chi connectivity index (χ1n) is 7.04. The third-order valence-electron chi connectivity index (χ3n) is 4.07. The molecule has 1 aromatic rings. The number of hydrogen-bond acceptors (Lipinski definition) is 4. The van der Waals surface area contributed by atoms with Crippen LogP contribution in [-0.2, 0) is 22.5 Å². The molecule has 108 valence electrons. The lowest BCUT2D eigenvalue weighted by atomic mass is 9.95. The normalized spacial score (nSPS) is 28.9. The van der Waals surface area contributed by atoms with Crippen molar-refractivity contribution >= 4 is 5.91 Å². The number of aliphatic hydroxyl groups is 1. The first kappa shape index (κ1) is 13.5. The maximum atomic E-state index is 12.2. The van der Waals surface area contributed by atoms with E-state index >= 15 is 0 Å². The molecule has 2 atom stereocenters. The second-order valence-electron chi connectivity index (χ2n) is 5.65. The molecule has 2 aliphatic rings. The highest BCUT2D eigenvalue weighted by molar-refractivity contribution is 5.82. The van der Waals surface area contributed by atoms with Crippen LogP contribution in [0.15, 0.2) is 24.3 Å². The van der Waals surface area contributed by atoms with E-state index in [0.717, 1.165) is 0 Å². The Hall–Kier alpha value is -1.43. The van der Waals surface area contributed by atoms with Crippen molar-refractivity contribution < 1.29 is 14.6 Å². The number of hydrogen-bond donors (Lipinski definition) is 3. The molecule has 0 bridgehead atoms. The van der Waals surface area contributed by atoms with E-state index in [1.54, 1.807) is 0 Å². The molecular formula is C15H20N2O3. The van der Waals surface area contributed by atoms with E-state index < -0.39 is 5.60 Å². The fraction of sp³-hybridized carbons (Fsp3) is 0.533. The zero-order valence-electron chi connectivity index (χ0n) is 11.4. The summed E-state index contributed by atoms with van der Waals surface area (Å²) in [5.41, 5.74) is 1.57. The Bertz CT molecular complexity index is 498. The quantitative estimate of drug-likeness (QED) is 0.725. The summed E-state index contributed by atoms with van der Waals surface area (Å²) in [6.07, 6.45) is 1.27. The molecule has 1 fully saturated rings. The average Bonchev–Trinajstić information content (AvgIpc) is 2.91. The van der Waals surface area contributed by atoms with Crippen molar-refractivity contribution in [3.8, 4) is 0 Å². The van der Waals surface area contributed by atoms with Gasteiger partial charge in [0.2, 0.25) is 5.91 Å². The maximum Gasteiger partial charge on any atom is 0.237 e. The van der Waals surface area contributed by atoms with Gasteiger partial charge in [-0.3, -0.25) is 4.79 Å². The number of carbonyl (C=O) groups is 1. The minimum atomic E-state index is -0.901. The molecule has 2 heterocycles. The number of fused-ring (bicyclic) bond motifs is 1. The van der Waals surface area contributed by atoms with Gasteiger partial charge in [0.1, 0.15) is 5.60 Å². The van der Waals surface area contributed by atoms with Crippen molar-refractivity contribution in [3.63, 3.8) is 0 Å². The number of carbonyl (C=O) groups excluding carboxylic acids is 1. The van der Waals surface area contributed by atoms with Crippen LogP contribution in [0.3, 0.4) is 0 Å². The predicted molar refractivity (Wildman–Crippen MR) is 74.2 cm³/mol. The minimum Gasteiger partial charge on any atom is -0.386 e. The molecule has 0 aliphatic carbocycles. The lowest BCUT2D eigenvalue weighted by molar-refractivity contribution is -0.124. The number of rotatable bonds is 3. The summed E-state index contributed by atoms with van der Waals surface area (Å²) >= 11 is 0. The van der Waals surface area contributed by atoms with Crippen LogP contribution in [0.2, 0.25) is 0 Å². The summed E-state index contributed by atoms with van der Waals surface area (Å²) < 4.78 is 5.17. The third kappa shape index (κ3) is 2.85. The fourth-order valence-electron chi connectivity index (χ4n) is 2.75. The molecule has 1 amide bonds. The molecule has 5 nitrogen and oxygen atoms in total. The number of nitrogens with one attached hydrogen (secondary N) is 2. The van der Waals surface area contributed by atoms with Gasteiger partial charge in [0, 0.05) is 26.1 Å². The molecular weight excluding hydrogens is 256 g/mol. The molecule has 0 aromatic heterocycles. The van der Waals surface area contributed by atoms with Crippen molar-refractivity contribution in [1.29, 1.82) is 0 Å². The van der Waals surface area contributed by atoms with Crippen LogP contribution in [0.5, 0.6) is 0 Å². The molecule has 1 saturated heterocycles. The van der Waals surface area contributed by atoms with Gasteiger partial charge in [-0.1, -0.05) is 24.3 Å². The molecule has 0 radical (unpaired) electrons. The summed E-state index contributed by atoms with van der Waals surface area (Å²) in [6, 6.07) is 7.92. The van der Waals surface area contributed by atoms with Crippen molar-refractivity contribution in [2.24, 2.45) is 0 Å². The molecule has 20 heavy (non-hydrogen) atoms. The number of amides is 1. The predicted octanol–water partition coefficient (Wildman–Crippen LogP) is -0.0315. The topological polar surface area (TPSA) is 70.6 Å². The second-order valence-corrected chi connectivity index (χ2v) is 5.65. The largest absolute Gasteiger partial charge is 0.386 e. The highest BCUT2D eigenvalue weighted by Gasteiger charge is 2.33. The molecule has 0 spiro atoms. The van der Waals surface area contributed by atoms with Gasteiger partial charge in [-0.15, -0.1) is 0 Å². The van der Waals surface area contributed by atoms with Crippen LogP contribution in [-0.4, -0.2) is 42.4 Å². The average molecular weight is 276 g/mol. The Morgan fingerprint density at radius 2 is 2.25 bits per heavy atom. The van der Waals surface area contributed by atoms with Gasteiger partial charge < -0.3 is 20.5 Å². The lowest BCUT2D eigenvalue weighted by Crippen LogP contribution is -2.51. The molecule has 0 saturated carbocycles. The Morgan fingerprint density at radius 3 is 3.00 bits per heavy atom. The minimum absolute atomic E-state index is 0.0557. The number of ether oxygens (including phenoxy) is 1. The standard InChI is InChI=1S/C15H20N2O3/c18-14(17-9-15(19)5-6-20-10-15)13-7-11-3-1-2-4-12(11)8-16-13/h1-4,13,16,19H,5-10H2,(H,17,18)/t13-,15?/m0/s1. The highest BCUT2D eigenvalue weighted by atomic mass is 16.5. The van der Waals surface area contributed by atoms with E-state index in [0.29, 0.717) is 32.6 Å². The Labute approximate surface area is 118 Å². The van der Waals surface area contributed by atoms with E-state index in [1.165, 1.54) is 11.1 Å². The molecule has 3 N–H and O–H groups in total. The maximum absolute atomic E-state index is 12.2.